The van der Waals surface area contributed by atoms with Gasteiger partial charge in [-0.05, 0) is 37.8 Å². The van der Waals surface area contributed by atoms with E-state index in [2.05, 4.69) is 5.32 Å². The highest BCUT2D eigenvalue weighted by Crippen LogP contribution is 2.30. The molecule has 2 aliphatic heterocycles. The van der Waals surface area contributed by atoms with Gasteiger partial charge in [-0.1, -0.05) is 12.1 Å². The fourth-order valence-electron chi connectivity index (χ4n) is 3.03. The second-order valence-corrected chi connectivity index (χ2v) is 5.15. The smallest absolute Gasteiger partial charge is 0.339 e. The summed E-state index contributed by atoms with van der Waals surface area (Å²) in [6, 6.07) is 7.97. The Morgan fingerprint density at radius 2 is 1.89 bits per heavy atom. The van der Waals surface area contributed by atoms with Gasteiger partial charge in [0, 0.05) is 12.1 Å². The molecule has 96 valence electrons. The third kappa shape index (κ3) is 2.20. The molecular formula is C14H17NO3. The molecule has 0 aromatic heterocycles. The summed E-state index contributed by atoms with van der Waals surface area (Å²) in [6.07, 6.45) is 4.52. The normalized spacial score (nSPS) is 30.1. The highest BCUT2D eigenvalue weighted by atomic mass is 16.5. The van der Waals surface area contributed by atoms with Crippen LogP contribution in [0.4, 0.5) is 0 Å². The lowest BCUT2D eigenvalue weighted by atomic mass is 10.0. The van der Waals surface area contributed by atoms with Crippen molar-refractivity contribution in [3.8, 4) is 5.75 Å². The van der Waals surface area contributed by atoms with Crippen molar-refractivity contribution in [1.82, 2.24) is 5.32 Å². The molecule has 0 aliphatic carbocycles. The average molecular weight is 247 g/mol. The zero-order valence-corrected chi connectivity index (χ0v) is 10.1. The maximum Gasteiger partial charge on any atom is 0.339 e. The van der Waals surface area contributed by atoms with E-state index in [4.69, 9.17) is 9.84 Å². The van der Waals surface area contributed by atoms with Gasteiger partial charge in [-0.3, -0.25) is 0 Å². The molecule has 2 unspecified atom stereocenters. The van der Waals surface area contributed by atoms with Crippen molar-refractivity contribution in [2.45, 2.75) is 43.9 Å². The fourth-order valence-corrected chi connectivity index (χ4v) is 3.03. The molecule has 0 saturated carbocycles. The lowest BCUT2D eigenvalue weighted by Gasteiger charge is -2.29. The Labute approximate surface area is 106 Å². The fraction of sp³-hybridized carbons (Fsp3) is 0.500. The number of para-hydroxylation sites is 1. The summed E-state index contributed by atoms with van der Waals surface area (Å²) in [5.74, 6) is -0.432. The van der Waals surface area contributed by atoms with Gasteiger partial charge in [0.05, 0.1) is 0 Å². The Balaban J connectivity index is 1.75. The molecule has 2 heterocycles. The summed E-state index contributed by atoms with van der Waals surface area (Å²) >= 11 is 0. The van der Waals surface area contributed by atoms with Gasteiger partial charge in [-0.2, -0.15) is 0 Å². The Morgan fingerprint density at radius 1 is 1.22 bits per heavy atom. The number of rotatable bonds is 3. The van der Waals surface area contributed by atoms with Crippen molar-refractivity contribution in [1.29, 1.82) is 0 Å². The topological polar surface area (TPSA) is 58.6 Å². The summed E-state index contributed by atoms with van der Waals surface area (Å²) in [5, 5.41) is 12.7. The van der Waals surface area contributed by atoms with Crippen LogP contribution in [-0.2, 0) is 0 Å². The van der Waals surface area contributed by atoms with Crippen LogP contribution in [0.5, 0.6) is 5.75 Å². The van der Waals surface area contributed by atoms with E-state index in [1.54, 1.807) is 18.2 Å². The highest BCUT2D eigenvalue weighted by molar-refractivity contribution is 5.90. The lowest BCUT2D eigenvalue weighted by Crippen LogP contribution is -2.42. The summed E-state index contributed by atoms with van der Waals surface area (Å²) in [5.41, 5.74) is 0.253. The Morgan fingerprint density at radius 3 is 2.56 bits per heavy atom. The van der Waals surface area contributed by atoms with E-state index < -0.39 is 5.97 Å². The number of aromatic carboxylic acids is 1. The van der Waals surface area contributed by atoms with Crippen molar-refractivity contribution in [2.24, 2.45) is 0 Å². The van der Waals surface area contributed by atoms with E-state index in [0.29, 0.717) is 17.8 Å². The van der Waals surface area contributed by atoms with Gasteiger partial charge in [0.1, 0.15) is 17.4 Å². The first-order valence-electron chi connectivity index (χ1n) is 6.47. The van der Waals surface area contributed by atoms with Gasteiger partial charge in [-0.15, -0.1) is 0 Å². The molecule has 2 atom stereocenters. The zero-order chi connectivity index (χ0) is 12.5. The maximum absolute atomic E-state index is 11.1. The van der Waals surface area contributed by atoms with Gasteiger partial charge < -0.3 is 15.2 Å². The van der Waals surface area contributed by atoms with Crippen molar-refractivity contribution in [3.05, 3.63) is 29.8 Å². The Bertz CT molecular complexity index is 448. The molecule has 1 aromatic carbocycles. The minimum absolute atomic E-state index is 0.143. The molecule has 0 amide bonds. The molecule has 2 saturated heterocycles. The molecule has 2 fully saturated rings. The monoisotopic (exact) mass is 247 g/mol. The summed E-state index contributed by atoms with van der Waals surface area (Å²) in [4.78, 5) is 11.1. The van der Waals surface area contributed by atoms with Crippen molar-refractivity contribution < 1.29 is 14.6 Å². The van der Waals surface area contributed by atoms with Gasteiger partial charge in [0.15, 0.2) is 0 Å². The summed E-state index contributed by atoms with van der Waals surface area (Å²) in [7, 11) is 0. The second kappa shape index (κ2) is 4.61. The van der Waals surface area contributed by atoms with Gasteiger partial charge in [-0.25, -0.2) is 4.79 Å². The number of hydrogen-bond acceptors (Lipinski definition) is 3. The molecule has 18 heavy (non-hydrogen) atoms. The first-order chi connectivity index (χ1) is 8.72. The van der Waals surface area contributed by atoms with Crippen LogP contribution in [-0.4, -0.2) is 29.3 Å². The largest absolute Gasteiger partial charge is 0.489 e. The van der Waals surface area contributed by atoms with Crippen molar-refractivity contribution in [2.75, 3.05) is 0 Å². The zero-order valence-electron chi connectivity index (χ0n) is 10.1. The van der Waals surface area contributed by atoms with Crippen LogP contribution in [0.3, 0.4) is 0 Å². The van der Waals surface area contributed by atoms with E-state index in [1.165, 1.54) is 12.8 Å². The second-order valence-electron chi connectivity index (χ2n) is 5.15. The number of hydrogen-bond donors (Lipinski definition) is 2. The molecule has 2 aliphatic rings. The number of benzene rings is 1. The van der Waals surface area contributed by atoms with Crippen LogP contribution in [0.25, 0.3) is 0 Å². The SMILES string of the molecule is O=C(O)c1ccccc1OC1CC2CCC(C1)N2. The minimum atomic E-state index is -0.928. The lowest BCUT2D eigenvalue weighted by molar-refractivity contribution is 0.0684. The predicted molar refractivity (Wildman–Crippen MR) is 67.0 cm³/mol. The van der Waals surface area contributed by atoms with Crippen LogP contribution in [0.2, 0.25) is 0 Å². The first kappa shape index (κ1) is 11.5. The van der Waals surface area contributed by atoms with Crippen LogP contribution in [0, 0.1) is 0 Å². The number of piperidine rings is 1. The van der Waals surface area contributed by atoms with E-state index in [0.717, 1.165) is 12.8 Å². The van der Waals surface area contributed by atoms with Crippen LogP contribution in [0.1, 0.15) is 36.0 Å². The van der Waals surface area contributed by atoms with Crippen molar-refractivity contribution in [3.63, 3.8) is 0 Å². The number of ether oxygens (including phenoxy) is 1. The molecule has 1 aromatic rings. The molecule has 0 radical (unpaired) electrons. The predicted octanol–water partition coefficient (Wildman–Crippen LogP) is 2.05. The van der Waals surface area contributed by atoms with Crippen molar-refractivity contribution >= 4 is 5.97 Å². The van der Waals surface area contributed by atoms with Crippen LogP contribution >= 0.6 is 0 Å². The molecule has 2 bridgehead atoms. The molecule has 3 rings (SSSR count). The Kier molecular flexibility index (Phi) is 2.96. The molecule has 0 spiro atoms. The maximum atomic E-state index is 11.1. The molecule has 4 nitrogen and oxygen atoms in total. The number of nitrogens with one attached hydrogen (secondary N) is 1. The standard InChI is InChI=1S/C14H17NO3/c16-14(17)12-3-1-2-4-13(12)18-11-7-9-5-6-10(8-11)15-9/h1-4,9-11,15H,5-8H2,(H,16,17). The van der Waals surface area contributed by atoms with E-state index in [-0.39, 0.29) is 11.7 Å². The molecule has 2 N–H and O–H groups in total. The summed E-state index contributed by atoms with van der Waals surface area (Å²) in [6.45, 7) is 0. The third-order valence-corrected chi connectivity index (χ3v) is 3.84. The summed E-state index contributed by atoms with van der Waals surface area (Å²) < 4.78 is 5.91. The average Bonchev–Trinajstić information content (AvgIpc) is 2.69. The van der Waals surface area contributed by atoms with E-state index >= 15 is 0 Å². The van der Waals surface area contributed by atoms with Crippen LogP contribution < -0.4 is 10.1 Å². The Hall–Kier alpha value is -1.55. The number of carbonyl (C=O) groups is 1. The first-order valence-corrected chi connectivity index (χ1v) is 6.47. The number of fused-ring (bicyclic) bond motifs is 2. The number of carboxylic acid groups (broad SMARTS) is 1. The van der Waals surface area contributed by atoms with E-state index in [9.17, 15) is 4.79 Å². The highest BCUT2D eigenvalue weighted by Gasteiger charge is 2.34. The van der Waals surface area contributed by atoms with Gasteiger partial charge >= 0.3 is 5.97 Å². The number of carboxylic acids is 1. The minimum Gasteiger partial charge on any atom is -0.489 e. The quantitative estimate of drug-likeness (QED) is 0.858. The van der Waals surface area contributed by atoms with Gasteiger partial charge in [0.25, 0.3) is 0 Å². The third-order valence-electron chi connectivity index (χ3n) is 3.84. The molecule has 4 heteroatoms. The van der Waals surface area contributed by atoms with Crippen LogP contribution in [0.15, 0.2) is 24.3 Å². The van der Waals surface area contributed by atoms with E-state index in [1.807, 2.05) is 6.07 Å². The molecular weight excluding hydrogens is 230 g/mol. The van der Waals surface area contributed by atoms with Gasteiger partial charge in [0.2, 0.25) is 0 Å².